The van der Waals surface area contributed by atoms with Crippen molar-refractivity contribution >= 4 is 17.3 Å². The van der Waals surface area contributed by atoms with Crippen molar-refractivity contribution in [3.63, 3.8) is 0 Å². The maximum Gasteiger partial charge on any atom is 0.348 e. The Morgan fingerprint density at radius 1 is 1.58 bits per heavy atom. The van der Waals surface area contributed by atoms with Gasteiger partial charge in [0.05, 0.1) is 6.61 Å². The van der Waals surface area contributed by atoms with Crippen molar-refractivity contribution in [3.05, 3.63) is 22.4 Å². The number of carbonyl (C=O) groups is 1. The lowest BCUT2D eigenvalue weighted by atomic mass is 10.5. The van der Waals surface area contributed by atoms with Crippen LogP contribution in [0.5, 0.6) is 0 Å². The Morgan fingerprint density at radius 2 is 2.42 bits per heavy atom. The fraction of sp³-hybridized carbons (Fsp3) is 0.375. The second kappa shape index (κ2) is 4.90. The smallest absolute Gasteiger partial charge is 0.348 e. The van der Waals surface area contributed by atoms with Gasteiger partial charge in [0, 0.05) is 7.11 Å². The van der Waals surface area contributed by atoms with Gasteiger partial charge < -0.3 is 9.47 Å². The lowest BCUT2D eigenvalue weighted by Crippen LogP contribution is -2.08. The first-order valence-corrected chi connectivity index (χ1v) is 4.42. The molecule has 0 amide bonds. The summed E-state index contributed by atoms with van der Waals surface area (Å²) >= 11 is 1.37. The van der Waals surface area contributed by atoms with Crippen LogP contribution in [0.25, 0.3) is 0 Å². The average molecular weight is 186 g/mol. The lowest BCUT2D eigenvalue weighted by Gasteiger charge is -2.00. The van der Waals surface area contributed by atoms with E-state index in [9.17, 15) is 4.79 Å². The van der Waals surface area contributed by atoms with Crippen LogP contribution < -0.4 is 0 Å². The third kappa shape index (κ3) is 2.64. The highest BCUT2D eigenvalue weighted by Gasteiger charge is 2.06. The molecule has 0 saturated heterocycles. The number of esters is 1. The molecular weight excluding hydrogens is 176 g/mol. The normalized spacial score (nSPS) is 9.75. The van der Waals surface area contributed by atoms with E-state index in [-0.39, 0.29) is 5.97 Å². The van der Waals surface area contributed by atoms with Crippen LogP contribution in [0.2, 0.25) is 0 Å². The van der Waals surface area contributed by atoms with Crippen molar-refractivity contribution in [1.29, 1.82) is 0 Å². The van der Waals surface area contributed by atoms with Crippen molar-refractivity contribution < 1.29 is 14.3 Å². The monoisotopic (exact) mass is 186 g/mol. The second-order valence-electron chi connectivity index (χ2n) is 2.11. The van der Waals surface area contributed by atoms with Crippen molar-refractivity contribution in [2.45, 2.75) is 0 Å². The van der Waals surface area contributed by atoms with Crippen molar-refractivity contribution in [3.8, 4) is 0 Å². The van der Waals surface area contributed by atoms with Crippen LogP contribution in [-0.2, 0) is 9.47 Å². The topological polar surface area (TPSA) is 35.5 Å². The minimum atomic E-state index is -0.276. The lowest BCUT2D eigenvalue weighted by molar-refractivity contribution is 0.0393. The molecule has 1 aromatic heterocycles. The molecule has 0 aliphatic heterocycles. The van der Waals surface area contributed by atoms with Crippen LogP contribution in [0, 0.1) is 0 Å². The number of methoxy groups -OCH3 is 1. The van der Waals surface area contributed by atoms with Gasteiger partial charge in [-0.05, 0) is 11.4 Å². The zero-order valence-electron chi connectivity index (χ0n) is 6.78. The van der Waals surface area contributed by atoms with Crippen LogP contribution in [0.4, 0.5) is 0 Å². The molecular formula is C8H10O3S. The van der Waals surface area contributed by atoms with Gasteiger partial charge in [0.1, 0.15) is 11.5 Å². The van der Waals surface area contributed by atoms with Crippen LogP contribution >= 0.6 is 11.3 Å². The van der Waals surface area contributed by atoms with E-state index >= 15 is 0 Å². The predicted molar refractivity (Wildman–Crippen MR) is 46.5 cm³/mol. The first-order chi connectivity index (χ1) is 5.84. The number of ether oxygens (including phenoxy) is 2. The molecule has 1 heterocycles. The van der Waals surface area contributed by atoms with Gasteiger partial charge >= 0.3 is 5.97 Å². The first-order valence-electron chi connectivity index (χ1n) is 3.54. The van der Waals surface area contributed by atoms with E-state index in [1.54, 1.807) is 13.2 Å². The number of thiophene rings is 1. The molecule has 0 radical (unpaired) electrons. The molecule has 0 aromatic carbocycles. The van der Waals surface area contributed by atoms with Gasteiger partial charge in [-0.1, -0.05) is 6.07 Å². The number of rotatable bonds is 4. The van der Waals surface area contributed by atoms with Crippen LogP contribution in [0.3, 0.4) is 0 Å². The van der Waals surface area contributed by atoms with E-state index in [1.165, 1.54) is 11.3 Å². The van der Waals surface area contributed by atoms with E-state index in [1.807, 2.05) is 11.4 Å². The molecule has 0 fully saturated rings. The highest BCUT2D eigenvalue weighted by atomic mass is 32.1. The van der Waals surface area contributed by atoms with Crippen molar-refractivity contribution in [2.75, 3.05) is 20.3 Å². The molecule has 0 bridgehead atoms. The molecule has 0 aliphatic carbocycles. The van der Waals surface area contributed by atoms with Gasteiger partial charge in [-0.25, -0.2) is 4.79 Å². The van der Waals surface area contributed by atoms with Gasteiger partial charge in [-0.15, -0.1) is 11.3 Å². The second-order valence-corrected chi connectivity index (χ2v) is 3.05. The molecule has 0 atom stereocenters. The standard InChI is InChI=1S/C8H10O3S/c1-10-4-5-11-8(9)7-3-2-6-12-7/h2-3,6H,4-5H2,1H3. The molecule has 1 aromatic rings. The summed E-state index contributed by atoms with van der Waals surface area (Å²) in [5.74, 6) is -0.276. The molecule has 1 rings (SSSR count). The molecule has 0 spiro atoms. The molecule has 0 saturated carbocycles. The van der Waals surface area contributed by atoms with Gasteiger partial charge in [0.2, 0.25) is 0 Å². The van der Waals surface area contributed by atoms with Gasteiger partial charge in [-0.2, -0.15) is 0 Å². The van der Waals surface area contributed by atoms with E-state index in [0.717, 1.165) is 0 Å². The van der Waals surface area contributed by atoms with E-state index in [4.69, 9.17) is 9.47 Å². The Balaban J connectivity index is 2.30. The fourth-order valence-corrected chi connectivity index (χ4v) is 1.30. The van der Waals surface area contributed by atoms with Gasteiger partial charge in [-0.3, -0.25) is 0 Å². The number of carbonyl (C=O) groups excluding carboxylic acids is 1. The van der Waals surface area contributed by atoms with Crippen molar-refractivity contribution in [1.82, 2.24) is 0 Å². The third-order valence-electron chi connectivity index (χ3n) is 1.24. The largest absolute Gasteiger partial charge is 0.459 e. The van der Waals surface area contributed by atoms with E-state index in [0.29, 0.717) is 18.1 Å². The van der Waals surface area contributed by atoms with Gasteiger partial charge in [0.15, 0.2) is 0 Å². The Labute approximate surface area is 74.9 Å². The fourth-order valence-electron chi connectivity index (χ4n) is 0.684. The molecule has 0 N–H and O–H groups in total. The summed E-state index contributed by atoms with van der Waals surface area (Å²) in [5, 5.41) is 1.84. The Bertz CT molecular complexity index is 230. The molecule has 4 heteroatoms. The summed E-state index contributed by atoms with van der Waals surface area (Å²) in [4.78, 5) is 11.7. The summed E-state index contributed by atoms with van der Waals surface area (Å²) in [5.41, 5.74) is 0. The Kier molecular flexibility index (Phi) is 3.76. The Hall–Kier alpha value is -0.870. The zero-order chi connectivity index (χ0) is 8.81. The SMILES string of the molecule is COCCOC(=O)c1cccs1. The van der Waals surface area contributed by atoms with Crippen molar-refractivity contribution in [2.24, 2.45) is 0 Å². The first kappa shape index (κ1) is 9.22. The summed E-state index contributed by atoms with van der Waals surface area (Å²) in [6.45, 7) is 0.754. The highest BCUT2D eigenvalue weighted by molar-refractivity contribution is 7.11. The zero-order valence-corrected chi connectivity index (χ0v) is 7.60. The predicted octanol–water partition coefficient (Wildman–Crippen LogP) is 1.55. The summed E-state index contributed by atoms with van der Waals surface area (Å²) in [7, 11) is 1.57. The maximum atomic E-state index is 11.1. The van der Waals surface area contributed by atoms with Crippen LogP contribution in [0.15, 0.2) is 17.5 Å². The van der Waals surface area contributed by atoms with Crippen LogP contribution in [-0.4, -0.2) is 26.3 Å². The van der Waals surface area contributed by atoms with Crippen LogP contribution in [0.1, 0.15) is 9.67 Å². The molecule has 0 unspecified atom stereocenters. The summed E-state index contributed by atoms with van der Waals surface area (Å²) in [6, 6.07) is 3.55. The van der Waals surface area contributed by atoms with Gasteiger partial charge in [0.25, 0.3) is 0 Å². The molecule has 3 nitrogen and oxygen atoms in total. The summed E-state index contributed by atoms with van der Waals surface area (Å²) < 4.78 is 9.61. The minimum absolute atomic E-state index is 0.276. The number of hydrogen-bond donors (Lipinski definition) is 0. The quantitative estimate of drug-likeness (QED) is 0.528. The third-order valence-corrected chi connectivity index (χ3v) is 2.09. The molecule has 66 valence electrons. The Morgan fingerprint density at radius 3 is 3.00 bits per heavy atom. The average Bonchev–Trinajstić information content (AvgIpc) is 2.56. The molecule has 12 heavy (non-hydrogen) atoms. The minimum Gasteiger partial charge on any atom is -0.459 e. The summed E-state index contributed by atoms with van der Waals surface area (Å²) in [6.07, 6.45) is 0. The van der Waals surface area contributed by atoms with E-state index < -0.39 is 0 Å². The molecule has 0 aliphatic rings. The maximum absolute atomic E-state index is 11.1. The van der Waals surface area contributed by atoms with E-state index in [2.05, 4.69) is 0 Å². The highest BCUT2D eigenvalue weighted by Crippen LogP contribution is 2.09. The number of hydrogen-bond acceptors (Lipinski definition) is 4.